The average molecular weight is 475 g/mol. The fourth-order valence-corrected chi connectivity index (χ4v) is 4.08. The molecule has 0 bridgehead atoms. The van der Waals surface area contributed by atoms with E-state index in [-0.39, 0.29) is 36.4 Å². The summed E-state index contributed by atoms with van der Waals surface area (Å²) >= 11 is 0. The molecule has 9 nitrogen and oxygen atoms in total. The lowest BCUT2D eigenvalue weighted by atomic mass is 10.2. The van der Waals surface area contributed by atoms with Crippen LogP contribution in [0.4, 0.5) is 0 Å². The lowest BCUT2D eigenvalue weighted by Gasteiger charge is -2.20. The summed E-state index contributed by atoms with van der Waals surface area (Å²) in [6, 6.07) is 15.1. The van der Waals surface area contributed by atoms with E-state index in [4.69, 9.17) is 0 Å². The van der Waals surface area contributed by atoms with E-state index in [0.717, 1.165) is 17.5 Å². The zero-order valence-electron chi connectivity index (χ0n) is 19.9. The molecule has 0 atom stereocenters. The summed E-state index contributed by atoms with van der Waals surface area (Å²) in [4.78, 5) is 46.0. The minimum atomic E-state index is -0.280. The van der Waals surface area contributed by atoms with Gasteiger partial charge in [-0.3, -0.25) is 24.0 Å². The van der Waals surface area contributed by atoms with Crippen LogP contribution in [0.2, 0.25) is 0 Å². The van der Waals surface area contributed by atoms with Gasteiger partial charge < -0.3 is 15.1 Å². The molecule has 0 fully saturated rings. The molecule has 3 amide bonds. The second-order valence-electron chi connectivity index (χ2n) is 8.47. The fourth-order valence-electron chi connectivity index (χ4n) is 4.08. The quantitative estimate of drug-likeness (QED) is 0.514. The fraction of sp³-hybridized carbons (Fsp3) is 0.346. The van der Waals surface area contributed by atoms with Crippen molar-refractivity contribution >= 4 is 17.7 Å². The third kappa shape index (κ3) is 6.11. The number of hydrogen-bond donors (Lipinski definition) is 1. The summed E-state index contributed by atoms with van der Waals surface area (Å²) in [5, 5.41) is 7.31. The van der Waals surface area contributed by atoms with Crippen molar-refractivity contribution in [1.82, 2.24) is 29.9 Å². The van der Waals surface area contributed by atoms with Crippen LogP contribution >= 0.6 is 0 Å². The van der Waals surface area contributed by atoms with Crippen molar-refractivity contribution in [3.05, 3.63) is 83.4 Å². The number of aryl methyl sites for hydroxylation is 1. The number of nitrogens with one attached hydrogen (secondary N) is 1. The highest BCUT2D eigenvalue weighted by atomic mass is 16.2. The first-order valence-electron chi connectivity index (χ1n) is 11.9. The molecule has 0 aliphatic carbocycles. The maximum absolute atomic E-state index is 13.2. The summed E-state index contributed by atoms with van der Waals surface area (Å²) in [5.74, 6) is -0.547. The van der Waals surface area contributed by atoms with Crippen LogP contribution in [-0.2, 0) is 24.4 Å². The van der Waals surface area contributed by atoms with Gasteiger partial charge in [0, 0.05) is 64.1 Å². The van der Waals surface area contributed by atoms with Crippen molar-refractivity contribution in [3.63, 3.8) is 0 Å². The summed E-state index contributed by atoms with van der Waals surface area (Å²) in [5.41, 5.74) is 2.67. The Hall–Kier alpha value is -4.01. The first-order chi connectivity index (χ1) is 17.0. The average Bonchev–Trinajstić information content (AvgIpc) is 3.26. The summed E-state index contributed by atoms with van der Waals surface area (Å²) in [6.45, 7) is 4.71. The Morgan fingerprint density at radius 1 is 1.06 bits per heavy atom. The largest absolute Gasteiger partial charge is 0.352 e. The van der Waals surface area contributed by atoms with Gasteiger partial charge in [-0.05, 0) is 36.6 Å². The van der Waals surface area contributed by atoms with E-state index in [1.807, 2.05) is 49.4 Å². The molecule has 0 radical (unpaired) electrons. The van der Waals surface area contributed by atoms with Gasteiger partial charge >= 0.3 is 0 Å². The monoisotopic (exact) mass is 474 g/mol. The number of fused-ring (bicyclic) bond motifs is 1. The van der Waals surface area contributed by atoms with E-state index in [2.05, 4.69) is 15.4 Å². The zero-order chi connectivity index (χ0) is 24.6. The number of rotatable bonds is 9. The molecule has 2 aromatic heterocycles. The summed E-state index contributed by atoms with van der Waals surface area (Å²) in [7, 11) is 0. The molecule has 4 rings (SSSR count). The van der Waals surface area contributed by atoms with Crippen LogP contribution in [-0.4, -0.2) is 61.9 Å². The van der Waals surface area contributed by atoms with Crippen molar-refractivity contribution < 1.29 is 14.4 Å². The van der Waals surface area contributed by atoms with Gasteiger partial charge in [-0.2, -0.15) is 5.10 Å². The molecular formula is C26H30N6O3. The first kappa shape index (κ1) is 24.1. The second kappa shape index (κ2) is 11.4. The molecule has 9 heteroatoms. The number of benzene rings is 1. The molecule has 0 saturated heterocycles. The number of amides is 3. The maximum Gasteiger partial charge on any atom is 0.274 e. The molecule has 1 aliphatic rings. The highest BCUT2D eigenvalue weighted by molar-refractivity contribution is 5.98. The van der Waals surface area contributed by atoms with Crippen molar-refractivity contribution in [2.75, 3.05) is 19.6 Å². The van der Waals surface area contributed by atoms with Crippen LogP contribution in [0, 0.1) is 0 Å². The Morgan fingerprint density at radius 3 is 2.57 bits per heavy atom. The molecule has 3 heterocycles. The minimum Gasteiger partial charge on any atom is -0.352 e. The molecule has 0 spiro atoms. The smallest absolute Gasteiger partial charge is 0.274 e. The van der Waals surface area contributed by atoms with Gasteiger partial charge in [-0.1, -0.05) is 30.3 Å². The number of aromatic nitrogens is 3. The van der Waals surface area contributed by atoms with Gasteiger partial charge in [0.15, 0.2) is 5.69 Å². The molecule has 182 valence electrons. The highest BCUT2D eigenvalue weighted by Crippen LogP contribution is 2.17. The van der Waals surface area contributed by atoms with Crippen molar-refractivity contribution in [1.29, 1.82) is 0 Å². The predicted octanol–water partition coefficient (Wildman–Crippen LogP) is 2.49. The topological polar surface area (TPSA) is 100 Å². The SMILES string of the molecule is CCN(CCC(=O)NCc1ccncc1)C(=O)c1cc2n(n1)CCCN(Cc1ccccc1)C2=O. The summed E-state index contributed by atoms with van der Waals surface area (Å²) in [6.07, 6.45) is 4.30. The van der Waals surface area contributed by atoms with Crippen molar-refractivity contribution in [2.45, 2.75) is 39.4 Å². The van der Waals surface area contributed by atoms with Gasteiger partial charge in [0.25, 0.3) is 11.8 Å². The van der Waals surface area contributed by atoms with E-state index >= 15 is 0 Å². The van der Waals surface area contributed by atoms with Crippen molar-refractivity contribution in [3.8, 4) is 0 Å². The van der Waals surface area contributed by atoms with E-state index in [9.17, 15) is 14.4 Å². The third-order valence-electron chi connectivity index (χ3n) is 6.04. The van der Waals surface area contributed by atoms with Crippen LogP contribution in [0.3, 0.4) is 0 Å². The lowest BCUT2D eigenvalue weighted by molar-refractivity contribution is -0.121. The van der Waals surface area contributed by atoms with Crippen LogP contribution < -0.4 is 5.32 Å². The second-order valence-corrected chi connectivity index (χ2v) is 8.47. The molecular weight excluding hydrogens is 444 g/mol. The summed E-state index contributed by atoms with van der Waals surface area (Å²) < 4.78 is 1.63. The number of carbonyl (C=O) groups is 3. The number of nitrogens with zero attached hydrogens (tertiary/aromatic N) is 5. The first-order valence-corrected chi connectivity index (χ1v) is 11.9. The highest BCUT2D eigenvalue weighted by Gasteiger charge is 2.27. The van der Waals surface area contributed by atoms with Gasteiger partial charge in [-0.15, -0.1) is 0 Å². The maximum atomic E-state index is 13.2. The molecule has 0 unspecified atom stereocenters. The number of pyridine rings is 1. The molecule has 35 heavy (non-hydrogen) atoms. The molecule has 0 saturated carbocycles. The Balaban J connectivity index is 1.37. The van der Waals surface area contributed by atoms with E-state index in [1.54, 1.807) is 32.9 Å². The van der Waals surface area contributed by atoms with Crippen LogP contribution in [0.5, 0.6) is 0 Å². The van der Waals surface area contributed by atoms with Gasteiger partial charge in [0.05, 0.1) is 0 Å². The Kier molecular flexibility index (Phi) is 7.87. The van der Waals surface area contributed by atoms with Gasteiger partial charge in [-0.25, -0.2) is 0 Å². The Labute approximate surface area is 204 Å². The van der Waals surface area contributed by atoms with E-state index in [1.165, 1.54) is 0 Å². The zero-order valence-corrected chi connectivity index (χ0v) is 19.9. The van der Waals surface area contributed by atoms with Crippen LogP contribution in [0.15, 0.2) is 60.9 Å². The Bertz CT molecular complexity index is 1160. The predicted molar refractivity (Wildman–Crippen MR) is 130 cm³/mol. The number of hydrogen-bond acceptors (Lipinski definition) is 5. The van der Waals surface area contributed by atoms with E-state index in [0.29, 0.717) is 38.4 Å². The van der Waals surface area contributed by atoms with Crippen LogP contribution in [0.25, 0.3) is 0 Å². The van der Waals surface area contributed by atoms with Crippen LogP contribution in [0.1, 0.15) is 51.9 Å². The number of carbonyl (C=O) groups excluding carboxylic acids is 3. The molecule has 3 aromatic rings. The normalized spacial score (nSPS) is 13.2. The molecule has 1 aromatic carbocycles. The van der Waals surface area contributed by atoms with E-state index < -0.39 is 0 Å². The van der Waals surface area contributed by atoms with Crippen molar-refractivity contribution in [2.24, 2.45) is 0 Å². The molecule has 1 aliphatic heterocycles. The standard InChI is InChI=1S/C26H30N6O3/c1-2-30(16-11-24(33)28-18-20-9-12-27-13-10-20)25(34)22-17-23-26(35)31(14-6-15-32(23)29-22)19-21-7-4-3-5-8-21/h3-5,7-10,12-13,17H,2,6,11,14-16,18-19H2,1H3,(H,28,33). The molecule has 1 N–H and O–H groups in total. The Morgan fingerprint density at radius 2 is 1.83 bits per heavy atom. The lowest BCUT2D eigenvalue weighted by Crippen LogP contribution is -2.35. The third-order valence-corrected chi connectivity index (χ3v) is 6.04. The van der Waals surface area contributed by atoms with Gasteiger partial charge in [0.1, 0.15) is 5.69 Å². The minimum absolute atomic E-state index is 0.128. The van der Waals surface area contributed by atoms with Gasteiger partial charge in [0.2, 0.25) is 5.91 Å².